The molecule has 0 aromatic carbocycles. The van der Waals surface area contributed by atoms with Crippen LogP contribution in [-0.2, 0) is 9.59 Å². The average molecular weight is 213 g/mol. The second-order valence-corrected chi connectivity index (χ2v) is 4.54. The van der Waals surface area contributed by atoms with E-state index < -0.39 is 12.0 Å². The minimum Gasteiger partial charge on any atom is -0.480 e. The third-order valence-corrected chi connectivity index (χ3v) is 3.27. The molecule has 1 saturated carbocycles. The standard InChI is InChI=1S/C11H19NO3/c1-8-2-4-9(5-3-8)6-10(11(14)15)12-7-13/h7-10H,2-6H2,1H3,(H,12,13)(H,14,15). The summed E-state index contributed by atoms with van der Waals surface area (Å²) in [5.41, 5.74) is 0. The summed E-state index contributed by atoms with van der Waals surface area (Å²) in [4.78, 5) is 21.0. The van der Waals surface area contributed by atoms with Gasteiger partial charge in [-0.25, -0.2) is 4.79 Å². The lowest BCUT2D eigenvalue weighted by atomic mass is 9.80. The van der Waals surface area contributed by atoms with Crippen molar-refractivity contribution in [2.45, 2.75) is 45.1 Å². The lowest BCUT2D eigenvalue weighted by molar-refractivity contribution is -0.141. The summed E-state index contributed by atoms with van der Waals surface area (Å²) < 4.78 is 0. The molecule has 1 unspecified atom stereocenters. The van der Waals surface area contributed by atoms with E-state index in [1.165, 1.54) is 12.8 Å². The summed E-state index contributed by atoms with van der Waals surface area (Å²) in [5.74, 6) is 0.291. The fourth-order valence-corrected chi connectivity index (χ4v) is 2.22. The van der Waals surface area contributed by atoms with Gasteiger partial charge in [-0.3, -0.25) is 4.79 Å². The summed E-state index contributed by atoms with van der Waals surface area (Å²) in [7, 11) is 0. The third-order valence-electron chi connectivity index (χ3n) is 3.27. The Hall–Kier alpha value is -1.06. The zero-order valence-electron chi connectivity index (χ0n) is 9.11. The number of amides is 1. The van der Waals surface area contributed by atoms with Crippen molar-refractivity contribution < 1.29 is 14.7 Å². The Morgan fingerprint density at radius 3 is 2.53 bits per heavy atom. The summed E-state index contributed by atoms with van der Waals surface area (Å²) >= 11 is 0. The van der Waals surface area contributed by atoms with Gasteiger partial charge in [-0.15, -0.1) is 0 Å². The fourth-order valence-electron chi connectivity index (χ4n) is 2.22. The lowest BCUT2D eigenvalue weighted by Gasteiger charge is -2.27. The summed E-state index contributed by atoms with van der Waals surface area (Å²) in [5, 5.41) is 11.2. The van der Waals surface area contributed by atoms with Crippen LogP contribution in [0.2, 0.25) is 0 Å². The molecular formula is C11H19NO3. The van der Waals surface area contributed by atoms with Crippen LogP contribution >= 0.6 is 0 Å². The molecule has 1 fully saturated rings. The first kappa shape index (κ1) is 12.0. The van der Waals surface area contributed by atoms with Crippen LogP contribution in [0.3, 0.4) is 0 Å². The van der Waals surface area contributed by atoms with Gasteiger partial charge in [0.15, 0.2) is 0 Å². The number of rotatable bonds is 5. The lowest BCUT2D eigenvalue weighted by Crippen LogP contribution is -2.38. The molecule has 1 atom stereocenters. The zero-order valence-corrected chi connectivity index (χ0v) is 9.11. The van der Waals surface area contributed by atoms with Crippen LogP contribution in [0.4, 0.5) is 0 Å². The fraction of sp³-hybridized carbons (Fsp3) is 0.818. The number of carboxylic acid groups (broad SMARTS) is 1. The van der Waals surface area contributed by atoms with E-state index in [9.17, 15) is 9.59 Å². The Labute approximate surface area is 90.0 Å². The molecule has 0 saturated heterocycles. The average Bonchev–Trinajstić information content (AvgIpc) is 2.20. The number of aliphatic carboxylic acids is 1. The van der Waals surface area contributed by atoms with Crippen molar-refractivity contribution in [3.05, 3.63) is 0 Å². The van der Waals surface area contributed by atoms with Gasteiger partial charge in [-0.1, -0.05) is 32.6 Å². The zero-order chi connectivity index (χ0) is 11.3. The highest BCUT2D eigenvalue weighted by atomic mass is 16.4. The summed E-state index contributed by atoms with van der Waals surface area (Å²) in [6.45, 7) is 2.23. The van der Waals surface area contributed by atoms with Gasteiger partial charge in [0.1, 0.15) is 6.04 Å². The maximum absolute atomic E-state index is 10.8. The maximum Gasteiger partial charge on any atom is 0.326 e. The molecule has 0 spiro atoms. The van der Waals surface area contributed by atoms with Gasteiger partial charge >= 0.3 is 5.97 Å². The van der Waals surface area contributed by atoms with Crippen molar-refractivity contribution in [2.75, 3.05) is 0 Å². The Bertz CT molecular complexity index is 222. The molecule has 86 valence electrons. The Morgan fingerprint density at radius 2 is 2.07 bits per heavy atom. The van der Waals surface area contributed by atoms with Crippen LogP contribution in [0.15, 0.2) is 0 Å². The van der Waals surface area contributed by atoms with Crippen LogP contribution in [-0.4, -0.2) is 23.5 Å². The van der Waals surface area contributed by atoms with Crippen molar-refractivity contribution in [2.24, 2.45) is 11.8 Å². The molecule has 2 N–H and O–H groups in total. The van der Waals surface area contributed by atoms with E-state index >= 15 is 0 Å². The molecule has 0 radical (unpaired) electrons. The summed E-state index contributed by atoms with van der Waals surface area (Å²) in [6, 6.07) is -0.707. The molecule has 0 aromatic rings. The third kappa shape index (κ3) is 3.90. The molecule has 4 nitrogen and oxygen atoms in total. The SMILES string of the molecule is CC1CCC(CC(NC=O)C(=O)O)CC1. The van der Waals surface area contributed by atoms with Gasteiger partial charge in [-0.2, -0.15) is 0 Å². The van der Waals surface area contributed by atoms with Gasteiger partial charge in [0, 0.05) is 0 Å². The quantitative estimate of drug-likeness (QED) is 0.678. The monoisotopic (exact) mass is 213 g/mol. The molecular weight excluding hydrogens is 194 g/mol. The predicted octanol–water partition coefficient (Wildman–Crippen LogP) is 1.40. The van der Waals surface area contributed by atoms with Crippen LogP contribution in [0.1, 0.15) is 39.0 Å². The second-order valence-electron chi connectivity index (χ2n) is 4.54. The number of carbonyl (C=O) groups is 2. The largest absolute Gasteiger partial charge is 0.480 e. The van der Waals surface area contributed by atoms with Crippen molar-refractivity contribution >= 4 is 12.4 Å². The molecule has 0 aromatic heterocycles. The molecule has 1 rings (SSSR count). The number of hydrogen-bond acceptors (Lipinski definition) is 2. The first-order chi connectivity index (χ1) is 7.13. The van der Waals surface area contributed by atoms with Gasteiger partial charge in [0.2, 0.25) is 6.41 Å². The van der Waals surface area contributed by atoms with Crippen LogP contribution in [0.5, 0.6) is 0 Å². The Morgan fingerprint density at radius 1 is 1.47 bits per heavy atom. The molecule has 0 heterocycles. The Kier molecular flexibility index (Phi) is 4.59. The van der Waals surface area contributed by atoms with E-state index in [0.717, 1.165) is 18.8 Å². The molecule has 15 heavy (non-hydrogen) atoms. The molecule has 1 aliphatic carbocycles. The summed E-state index contributed by atoms with van der Waals surface area (Å²) in [6.07, 6.45) is 5.58. The number of carbonyl (C=O) groups excluding carboxylic acids is 1. The maximum atomic E-state index is 10.8. The highest BCUT2D eigenvalue weighted by Crippen LogP contribution is 2.31. The van der Waals surface area contributed by atoms with Gasteiger partial charge in [0.05, 0.1) is 0 Å². The molecule has 4 heteroatoms. The van der Waals surface area contributed by atoms with E-state index in [-0.39, 0.29) is 0 Å². The van der Waals surface area contributed by atoms with E-state index in [1.54, 1.807) is 0 Å². The van der Waals surface area contributed by atoms with Crippen LogP contribution in [0.25, 0.3) is 0 Å². The van der Waals surface area contributed by atoms with Gasteiger partial charge in [0.25, 0.3) is 0 Å². The Balaban J connectivity index is 2.37. The van der Waals surface area contributed by atoms with Crippen molar-refractivity contribution in [3.63, 3.8) is 0 Å². The highest BCUT2D eigenvalue weighted by Gasteiger charge is 2.25. The van der Waals surface area contributed by atoms with Gasteiger partial charge < -0.3 is 10.4 Å². The predicted molar refractivity (Wildman–Crippen MR) is 56.4 cm³/mol. The minimum atomic E-state index is -0.930. The first-order valence-corrected chi connectivity index (χ1v) is 5.56. The van der Waals surface area contributed by atoms with E-state index in [0.29, 0.717) is 18.7 Å². The second kappa shape index (κ2) is 5.73. The van der Waals surface area contributed by atoms with Crippen LogP contribution in [0, 0.1) is 11.8 Å². The van der Waals surface area contributed by atoms with Crippen LogP contribution < -0.4 is 5.32 Å². The van der Waals surface area contributed by atoms with Crippen molar-refractivity contribution in [1.82, 2.24) is 5.32 Å². The highest BCUT2D eigenvalue weighted by molar-refractivity contribution is 5.76. The first-order valence-electron chi connectivity index (χ1n) is 5.56. The molecule has 1 aliphatic rings. The number of hydrogen-bond donors (Lipinski definition) is 2. The van der Waals surface area contributed by atoms with E-state index in [2.05, 4.69) is 12.2 Å². The smallest absolute Gasteiger partial charge is 0.326 e. The van der Waals surface area contributed by atoms with Gasteiger partial charge in [-0.05, 0) is 18.3 Å². The number of nitrogens with one attached hydrogen (secondary N) is 1. The molecule has 0 aliphatic heterocycles. The topological polar surface area (TPSA) is 66.4 Å². The minimum absolute atomic E-state index is 0.453. The molecule has 1 amide bonds. The van der Waals surface area contributed by atoms with Crippen molar-refractivity contribution in [1.29, 1.82) is 0 Å². The number of carboxylic acids is 1. The van der Waals surface area contributed by atoms with E-state index in [4.69, 9.17) is 5.11 Å². The normalized spacial score (nSPS) is 28.1. The van der Waals surface area contributed by atoms with E-state index in [1.807, 2.05) is 0 Å². The molecule has 0 bridgehead atoms. The van der Waals surface area contributed by atoms with Crippen molar-refractivity contribution in [3.8, 4) is 0 Å².